The van der Waals surface area contributed by atoms with Crippen molar-refractivity contribution in [3.63, 3.8) is 0 Å². The number of likely N-dealkylation sites (tertiary alicyclic amines) is 1. The lowest BCUT2D eigenvalue weighted by Crippen LogP contribution is -2.60. The Morgan fingerprint density at radius 2 is 2.32 bits per heavy atom. The van der Waals surface area contributed by atoms with Gasteiger partial charge in [0.25, 0.3) is 5.92 Å². The number of fused-ring (bicyclic) bond motifs is 1. The first-order chi connectivity index (χ1) is 10.4. The Morgan fingerprint density at radius 3 is 3.00 bits per heavy atom. The molecule has 1 saturated heterocycles. The van der Waals surface area contributed by atoms with Gasteiger partial charge in [0, 0.05) is 18.1 Å². The molecule has 0 aliphatic carbocycles. The van der Waals surface area contributed by atoms with Crippen LogP contribution in [-0.4, -0.2) is 46.5 Å². The van der Waals surface area contributed by atoms with E-state index in [4.69, 9.17) is 11.6 Å². The smallest absolute Gasteiger partial charge is 0.281 e. The van der Waals surface area contributed by atoms with Crippen molar-refractivity contribution in [1.82, 2.24) is 14.9 Å². The van der Waals surface area contributed by atoms with Gasteiger partial charge in [0.05, 0.1) is 24.1 Å². The van der Waals surface area contributed by atoms with Crippen LogP contribution in [-0.2, 0) is 0 Å². The summed E-state index contributed by atoms with van der Waals surface area (Å²) in [7, 11) is 0. The Bertz CT molecular complexity index is 670. The highest BCUT2D eigenvalue weighted by Crippen LogP contribution is 2.37. The zero-order chi connectivity index (χ0) is 15.9. The maximum atomic E-state index is 14.5. The molecular formula is C14H20F2N6. The van der Waals surface area contributed by atoms with E-state index in [2.05, 4.69) is 9.97 Å². The molecule has 6 nitrogen and oxygen atoms in total. The molecule has 1 fully saturated rings. The van der Waals surface area contributed by atoms with Crippen molar-refractivity contribution in [2.24, 2.45) is 5.84 Å². The van der Waals surface area contributed by atoms with Crippen LogP contribution in [0.1, 0.15) is 13.3 Å². The number of piperidine rings is 1. The first-order valence-corrected chi connectivity index (χ1v) is 7.29. The molecule has 0 aromatic carbocycles. The topological polar surface area (TPSA) is 87.2 Å². The minimum atomic E-state index is -2.90. The van der Waals surface area contributed by atoms with Crippen molar-refractivity contribution in [3.05, 3.63) is 18.5 Å². The van der Waals surface area contributed by atoms with Crippen molar-refractivity contribution in [2.45, 2.75) is 25.3 Å². The summed E-state index contributed by atoms with van der Waals surface area (Å²) < 4.78 is 28.9. The number of nitrogens with zero attached hydrogens (tertiary/aromatic N) is 3. The van der Waals surface area contributed by atoms with E-state index in [1.54, 1.807) is 17.2 Å². The number of aromatic amines is 1. The fraction of sp³-hybridized carbons (Fsp3) is 0.500. The number of alkyl halides is 2. The van der Waals surface area contributed by atoms with Crippen molar-refractivity contribution >= 4 is 22.4 Å². The Balaban J connectivity index is 1.97. The number of anilines is 2. The summed E-state index contributed by atoms with van der Waals surface area (Å²) in [4.78, 5) is 8.80. The Morgan fingerprint density at radius 1 is 1.55 bits per heavy atom. The number of nitrogens with one attached hydrogen (secondary N) is 1. The molecule has 1 atom stereocenters. The summed E-state index contributed by atoms with van der Waals surface area (Å²) in [5.41, 5.74) is 7.22. The summed E-state index contributed by atoms with van der Waals surface area (Å²) in [5.74, 6) is 3.17. The second-order valence-corrected chi connectivity index (χ2v) is 5.64. The highest BCUT2D eigenvalue weighted by atomic mass is 19.3. The second-order valence-electron chi connectivity index (χ2n) is 5.64. The van der Waals surface area contributed by atoms with Gasteiger partial charge in [0.1, 0.15) is 11.7 Å². The highest BCUT2D eigenvalue weighted by Gasteiger charge is 2.47. The fourth-order valence-electron chi connectivity index (χ4n) is 3.06. The standard InChI is InChI=1S/C14H20F2N6/c1-2-21-6-4-11(14(15,16)8-21)22(18)12-9-3-5-19-13(9)20-7-10(12)17/h3,5,7,11H,2,4,6,8,17-18H2,1H3,(H,19,20). The van der Waals surface area contributed by atoms with Gasteiger partial charge in [-0.25, -0.2) is 19.6 Å². The lowest BCUT2D eigenvalue weighted by molar-refractivity contribution is -0.0804. The van der Waals surface area contributed by atoms with Crippen LogP contribution >= 0.6 is 0 Å². The molecule has 1 aliphatic rings. The number of halogens is 2. The van der Waals surface area contributed by atoms with Gasteiger partial charge in [-0.3, -0.25) is 9.91 Å². The maximum absolute atomic E-state index is 14.5. The van der Waals surface area contributed by atoms with E-state index in [0.717, 1.165) is 5.01 Å². The third kappa shape index (κ3) is 2.38. The van der Waals surface area contributed by atoms with E-state index in [9.17, 15) is 8.78 Å². The number of hydrazine groups is 1. The zero-order valence-electron chi connectivity index (χ0n) is 12.4. The Kier molecular flexibility index (Phi) is 3.65. The van der Waals surface area contributed by atoms with Crippen LogP contribution in [0.2, 0.25) is 0 Å². The predicted molar refractivity (Wildman–Crippen MR) is 82.6 cm³/mol. The molecule has 3 rings (SSSR count). The average Bonchev–Trinajstić information content (AvgIpc) is 2.93. The molecule has 2 aromatic heterocycles. The van der Waals surface area contributed by atoms with Crippen LogP contribution in [0.4, 0.5) is 20.2 Å². The van der Waals surface area contributed by atoms with Gasteiger partial charge < -0.3 is 10.7 Å². The summed E-state index contributed by atoms with van der Waals surface area (Å²) in [6, 6.07) is 0.658. The van der Waals surface area contributed by atoms with E-state index in [1.165, 1.54) is 6.20 Å². The Hall–Kier alpha value is -1.93. The van der Waals surface area contributed by atoms with Crippen LogP contribution in [0.15, 0.2) is 18.5 Å². The lowest BCUT2D eigenvalue weighted by Gasteiger charge is -2.42. The van der Waals surface area contributed by atoms with E-state index in [0.29, 0.717) is 35.5 Å². The van der Waals surface area contributed by atoms with Crippen LogP contribution < -0.4 is 16.6 Å². The maximum Gasteiger partial charge on any atom is 0.281 e. The monoisotopic (exact) mass is 310 g/mol. The van der Waals surface area contributed by atoms with Crippen LogP contribution in [0, 0.1) is 0 Å². The van der Waals surface area contributed by atoms with E-state index in [1.807, 2.05) is 6.92 Å². The molecule has 0 spiro atoms. The summed E-state index contributed by atoms with van der Waals surface area (Å²) in [6.45, 7) is 2.78. The minimum Gasteiger partial charge on any atom is -0.396 e. The van der Waals surface area contributed by atoms with Gasteiger partial charge in [0.2, 0.25) is 0 Å². The van der Waals surface area contributed by atoms with E-state index < -0.39 is 12.0 Å². The summed E-state index contributed by atoms with van der Waals surface area (Å²) >= 11 is 0. The molecule has 0 radical (unpaired) electrons. The fourth-order valence-corrected chi connectivity index (χ4v) is 3.06. The molecular weight excluding hydrogens is 290 g/mol. The molecule has 1 unspecified atom stereocenters. The van der Waals surface area contributed by atoms with Gasteiger partial charge in [-0.15, -0.1) is 0 Å². The lowest BCUT2D eigenvalue weighted by atomic mass is 9.99. The molecule has 3 heterocycles. The highest BCUT2D eigenvalue weighted by molar-refractivity contribution is 5.96. The van der Waals surface area contributed by atoms with Crippen molar-refractivity contribution in [3.8, 4) is 0 Å². The molecule has 5 N–H and O–H groups in total. The largest absolute Gasteiger partial charge is 0.396 e. The van der Waals surface area contributed by atoms with Crippen LogP contribution in [0.3, 0.4) is 0 Å². The zero-order valence-corrected chi connectivity index (χ0v) is 12.4. The predicted octanol–water partition coefficient (Wildman–Crippen LogP) is 1.55. The molecule has 0 amide bonds. The number of hydrogen-bond acceptors (Lipinski definition) is 5. The van der Waals surface area contributed by atoms with Gasteiger partial charge in [0.15, 0.2) is 0 Å². The average molecular weight is 310 g/mol. The number of rotatable bonds is 3. The number of hydrogen-bond donors (Lipinski definition) is 3. The van der Waals surface area contributed by atoms with Crippen LogP contribution in [0.5, 0.6) is 0 Å². The quantitative estimate of drug-likeness (QED) is 0.591. The van der Waals surface area contributed by atoms with E-state index >= 15 is 0 Å². The van der Waals surface area contributed by atoms with Crippen LogP contribution in [0.25, 0.3) is 11.0 Å². The normalized spacial score (nSPS) is 22.1. The molecule has 0 bridgehead atoms. The van der Waals surface area contributed by atoms with Gasteiger partial charge in [-0.05, 0) is 19.0 Å². The van der Waals surface area contributed by atoms with Crippen molar-refractivity contribution in [2.75, 3.05) is 30.4 Å². The van der Waals surface area contributed by atoms with Gasteiger partial charge in [-0.1, -0.05) is 6.92 Å². The van der Waals surface area contributed by atoms with Crippen molar-refractivity contribution < 1.29 is 8.78 Å². The number of nitrogens with two attached hydrogens (primary N) is 2. The molecule has 1 aliphatic heterocycles. The first kappa shape index (κ1) is 15.0. The Labute approximate surface area is 127 Å². The minimum absolute atomic E-state index is 0.283. The summed E-state index contributed by atoms with van der Waals surface area (Å²) in [5, 5.41) is 1.77. The second kappa shape index (κ2) is 5.36. The SMILES string of the molecule is CCN1CCC(N(N)c2c(N)cnc3[nH]ccc23)C(F)(F)C1. The summed E-state index contributed by atoms with van der Waals surface area (Å²) in [6.07, 6.45) is 3.41. The number of pyridine rings is 1. The molecule has 2 aromatic rings. The molecule has 120 valence electrons. The molecule has 0 saturated carbocycles. The van der Waals surface area contributed by atoms with E-state index in [-0.39, 0.29) is 13.0 Å². The van der Waals surface area contributed by atoms with Gasteiger partial charge >= 0.3 is 0 Å². The number of H-pyrrole nitrogens is 1. The number of nitrogen functional groups attached to an aromatic ring is 1. The molecule has 8 heteroatoms. The first-order valence-electron chi connectivity index (χ1n) is 7.29. The third-order valence-corrected chi connectivity index (χ3v) is 4.27. The third-order valence-electron chi connectivity index (χ3n) is 4.27. The van der Waals surface area contributed by atoms with Gasteiger partial charge in [-0.2, -0.15) is 0 Å². The van der Waals surface area contributed by atoms with Crippen molar-refractivity contribution in [1.29, 1.82) is 0 Å². The number of aromatic nitrogens is 2. The molecule has 22 heavy (non-hydrogen) atoms.